The summed E-state index contributed by atoms with van der Waals surface area (Å²) in [5.74, 6) is -0.302. The van der Waals surface area contributed by atoms with Gasteiger partial charge in [0.05, 0.1) is 6.20 Å². The van der Waals surface area contributed by atoms with Gasteiger partial charge in [-0.15, -0.1) is 0 Å². The Morgan fingerprint density at radius 3 is 2.58 bits per heavy atom. The zero-order valence-corrected chi connectivity index (χ0v) is 11.6. The van der Waals surface area contributed by atoms with E-state index in [1.165, 1.54) is 10.5 Å². The molecule has 0 amide bonds. The van der Waals surface area contributed by atoms with Crippen LogP contribution in [0.2, 0.25) is 0 Å². The molecule has 1 atom stereocenters. The Kier molecular flexibility index (Phi) is 4.17. The summed E-state index contributed by atoms with van der Waals surface area (Å²) in [6.45, 7) is 2.78. The van der Waals surface area contributed by atoms with Crippen LogP contribution in [0.3, 0.4) is 0 Å². The van der Waals surface area contributed by atoms with E-state index in [-0.39, 0.29) is 10.9 Å². The molecule has 1 aromatic rings. The molecule has 2 N–H and O–H groups in total. The molecule has 1 aliphatic heterocycles. The topological polar surface area (TPSA) is 76.3 Å². The van der Waals surface area contributed by atoms with Gasteiger partial charge in [0, 0.05) is 25.3 Å². The molecule has 1 aliphatic rings. The van der Waals surface area contributed by atoms with Gasteiger partial charge in [-0.05, 0) is 31.7 Å². The lowest BCUT2D eigenvalue weighted by Gasteiger charge is -2.32. The molecule has 0 spiro atoms. The Morgan fingerprint density at radius 2 is 2.05 bits per heavy atom. The molecule has 0 saturated carbocycles. The first-order valence-electron chi connectivity index (χ1n) is 6.27. The van der Waals surface area contributed by atoms with Gasteiger partial charge in [-0.2, -0.15) is 4.31 Å². The summed E-state index contributed by atoms with van der Waals surface area (Å²) >= 11 is 0. The molecule has 0 radical (unpaired) electrons. The molecule has 2 heterocycles. The first-order chi connectivity index (χ1) is 8.91. The third-order valence-electron chi connectivity index (χ3n) is 3.56. The first kappa shape index (κ1) is 14.4. The van der Waals surface area contributed by atoms with Crippen LogP contribution in [0, 0.1) is 11.7 Å². The maximum atomic E-state index is 13.1. The van der Waals surface area contributed by atoms with Crippen LogP contribution >= 0.6 is 0 Å². The van der Waals surface area contributed by atoms with Gasteiger partial charge in [-0.25, -0.2) is 12.8 Å². The minimum Gasteiger partial charge on any atom is -0.328 e. The number of nitrogens with zero attached hydrogens (tertiary/aromatic N) is 2. The smallest absolute Gasteiger partial charge is 0.244 e. The highest BCUT2D eigenvalue weighted by atomic mass is 32.2. The van der Waals surface area contributed by atoms with Crippen LogP contribution in [0.1, 0.15) is 19.8 Å². The van der Waals surface area contributed by atoms with E-state index in [4.69, 9.17) is 5.73 Å². The molecule has 1 aromatic heterocycles. The van der Waals surface area contributed by atoms with Gasteiger partial charge < -0.3 is 5.73 Å². The van der Waals surface area contributed by atoms with Gasteiger partial charge >= 0.3 is 0 Å². The summed E-state index contributed by atoms with van der Waals surface area (Å²) in [5.41, 5.74) is 5.83. The summed E-state index contributed by atoms with van der Waals surface area (Å²) in [7, 11) is -3.64. The van der Waals surface area contributed by atoms with E-state index < -0.39 is 15.8 Å². The van der Waals surface area contributed by atoms with Crippen molar-refractivity contribution in [2.24, 2.45) is 11.7 Å². The van der Waals surface area contributed by atoms with Crippen molar-refractivity contribution in [2.45, 2.75) is 30.7 Å². The number of hydrogen-bond donors (Lipinski definition) is 1. The number of sulfonamides is 1. The van der Waals surface area contributed by atoms with Crippen molar-refractivity contribution in [3.8, 4) is 0 Å². The lowest BCUT2D eigenvalue weighted by Crippen LogP contribution is -2.42. The molecule has 106 valence electrons. The average Bonchev–Trinajstić information content (AvgIpc) is 2.39. The summed E-state index contributed by atoms with van der Waals surface area (Å²) in [6, 6.07) is 1.07. The zero-order chi connectivity index (χ0) is 14.0. The second kappa shape index (κ2) is 5.52. The van der Waals surface area contributed by atoms with Gasteiger partial charge in [0.2, 0.25) is 10.0 Å². The Balaban J connectivity index is 2.14. The van der Waals surface area contributed by atoms with Crippen molar-refractivity contribution < 1.29 is 12.8 Å². The van der Waals surface area contributed by atoms with Gasteiger partial charge in [0.15, 0.2) is 0 Å². The average molecular weight is 287 g/mol. The minimum absolute atomic E-state index is 0.0701. The van der Waals surface area contributed by atoms with Gasteiger partial charge in [0.1, 0.15) is 10.7 Å². The Bertz CT molecular complexity index is 540. The van der Waals surface area contributed by atoms with Crippen LogP contribution in [-0.4, -0.2) is 36.8 Å². The first-order valence-corrected chi connectivity index (χ1v) is 7.71. The lowest BCUT2D eigenvalue weighted by molar-refractivity contribution is 0.250. The highest BCUT2D eigenvalue weighted by Crippen LogP contribution is 2.24. The lowest BCUT2D eigenvalue weighted by atomic mass is 9.92. The Hall–Kier alpha value is -1.05. The number of nitrogens with two attached hydrogens (primary N) is 1. The monoisotopic (exact) mass is 287 g/mol. The summed E-state index contributed by atoms with van der Waals surface area (Å²) in [4.78, 5) is 3.50. The number of halogens is 1. The molecule has 1 saturated heterocycles. The molecule has 0 aromatic carbocycles. The summed E-state index contributed by atoms with van der Waals surface area (Å²) < 4.78 is 39.1. The molecule has 0 unspecified atom stereocenters. The molecule has 19 heavy (non-hydrogen) atoms. The number of rotatable bonds is 3. The van der Waals surface area contributed by atoms with E-state index in [9.17, 15) is 12.8 Å². The van der Waals surface area contributed by atoms with Crippen molar-refractivity contribution in [2.75, 3.05) is 13.1 Å². The second-order valence-corrected chi connectivity index (χ2v) is 6.88. The van der Waals surface area contributed by atoms with Gasteiger partial charge in [-0.3, -0.25) is 4.98 Å². The number of piperidine rings is 1. The van der Waals surface area contributed by atoms with Crippen LogP contribution in [0.15, 0.2) is 23.4 Å². The predicted octanol–water partition coefficient (Wildman–Crippen LogP) is 0.969. The fraction of sp³-hybridized carbons (Fsp3) is 0.583. The molecule has 0 bridgehead atoms. The highest BCUT2D eigenvalue weighted by molar-refractivity contribution is 7.89. The molecule has 2 rings (SSSR count). The maximum Gasteiger partial charge on any atom is 0.244 e. The second-order valence-electron chi connectivity index (χ2n) is 4.94. The highest BCUT2D eigenvalue weighted by Gasteiger charge is 2.30. The van der Waals surface area contributed by atoms with Crippen molar-refractivity contribution in [3.63, 3.8) is 0 Å². The standard InChI is InChI=1S/C12H18FN3O2S/c1-9(14)10-2-4-16(5-3-10)19(17,18)12-6-11(13)7-15-8-12/h6-10H,2-5,14H2,1H3/t9-/m0/s1. The predicted molar refractivity (Wildman–Crippen MR) is 69.3 cm³/mol. The molecule has 1 fully saturated rings. The number of hydrogen-bond acceptors (Lipinski definition) is 4. The normalized spacial score (nSPS) is 20.4. The summed E-state index contributed by atoms with van der Waals surface area (Å²) in [5, 5.41) is 0. The van der Waals surface area contributed by atoms with E-state index in [1.807, 2.05) is 6.92 Å². The number of aromatic nitrogens is 1. The van der Waals surface area contributed by atoms with E-state index in [0.717, 1.165) is 25.1 Å². The van der Waals surface area contributed by atoms with Gasteiger partial charge in [0.25, 0.3) is 0 Å². The maximum absolute atomic E-state index is 13.1. The van der Waals surface area contributed by atoms with E-state index in [1.54, 1.807) is 0 Å². The molecule has 0 aliphatic carbocycles. The fourth-order valence-electron chi connectivity index (χ4n) is 2.32. The van der Waals surface area contributed by atoms with Crippen molar-refractivity contribution in [1.82, 2.24) is 9.29 Å². The van der Waals surface area contributed by atoms with Crippen LogP contribution < -0.4 is 5.73 Å². The van der Waals surface area contributed by atoms with Crippen LogP contribution in [-0.2, 0) is 10.0 Å². The Labute approximate surface area is 112 Å². The van der Waals surface area contributed by atoms with Crippen LogP contribution in [0.25, 0.3) is 0 Å². The molecule has 7 heteroatoms. The van der Waals surface area contributed by atoms with Crippen molar-refractivity contribution >= 4 is 10.0 Å². The molecular weight excluding hydrogens is 269 g/mol. The zero-order valence-electron chi connectivity index (χ0n) is 10.8. The largest absolute Gasteiger partial charge is 0.328 e. The Morgan fingerprint density at radius 1 is 1.42 bits per heavy atom. The fourth-order valence-corrected chi connectivity index (χ4v) is 3.77. The van der Waals surface area contributed by atoms with E-state index in [2.05, 4.69) is 4.98 Å². The minimum atomic E-state index is -3.64. The third kappa shape index (κ3) is 3.10. The van der Waals surface area contributed by atoms with Crippen molar-refractivity contribution in [1.29, 1.82) is 0 Å². The number of pyridine rings is 1. The van der Waals surface area contributed by atoms with Crippen molar-refractivity contribution in [3.05, 3.63) is 24.3 Å². The SMILES string of the molecule is C[C@H](N)C1CCN(S(=O)(=O)c2cncc(F)c2)CC1. The van der Waals surface area contributed by atoms with Crippen LogP contribution in [0.4, 0.5) is 4.39 Å². The summed E-state index contributed by atoms with van der Waals surface area (Å²) in [6.07, 6.45) is 3.64. The van der Waals surface area contributed by atoms with E-state index >= 15 is 0 Å². The molecule has 5 nitrogen and oxygen atoms in total. The van der Waals surface area contributed by atoms with Gasteiger partial charge in [-0.1, -0.05) is 0 Å². The quantitative estimate of drug-likeness (QED) is 0.898. The third-order valence-corrected chi connectivity index (χ3v) is 5.42. The van der Waals surface area contributed by atoms with Crippen LogP contribution in [0.5, 0.6) is 0 Å². The molecular formula is C12H18FN3O2S. The van der Waals surface area contributed by atoms with E-state index in [0.29, 0.717) is 19.0 Å².